The van der Waals surface area contributed by atoms with E-state index < -0.39 is 0 Å². The number of nitrogens with two attached hydrogens (primary N) is 1. The number of hydrogen-bond donors (Lipinski definition) is 1. The molecule has 114 valence electrons. The van der Waals surface area contributed by atoms with Crippen molar-refractivity contribution < 1.29 is 4.74 Å². The van der Waals surface area contributed by atoms with Gasteiger partial charge in [0.25, 0.3) is 0 Å². The number of halogens is 1. The largest absolute Gasteiger partial charge is 0.492 e. The van der Waals surface area contributed by atoms with Gasteiger partial charge < -0.3 is 10.5 Å². The third-order valence-electron chi connectivity index (χ3n) is 3.21. The highest BCUT2D eigenvalue weighted by Gasteiger charge is 2.15. The van der Waals surface area contributed by atoms with Gasteiger partial charge in [0.1, 0.15) is 5.75 Å². The van der Waals surface area contributed by atoms with E-state index in [1.54, 1.807) is 11.3 Å². The van der Waals surface area contributed by atoms with E-state index in [2.05, 4.69) is 23.4 Å². The summed E-state index contributed by atoms with van der Waals surface area (Å²) in [5, 5.41) is 3.82. The van der Waals surface area contributed by atoms with Crippen molar-refractivity contribution in [3.63, 3.8) is 0 Å². The first-order chi connectivity index (χ1) is 10.1. The topological polar surface area (TPSA) is 48.1 Å². The van der Waals surface area contributed by atoms with Gasteiger partial charge in [-0.2, -0.15) is 0 Å². The molecule has 0 spiro atoms. The van der Waals surface area contributed by atoms with Crippen LogP contribution in [0.5, 0.6) is 5.75 Å². The van der Waals surface area contributed by atoms with Crippen LogP contribution in [0, 0.1) is 6.92 Å². The molecule has 1 aromatic carbocycles. The number of nitrogens with zero attached hydrogens (tertiary/aromatic N) is 1. The molecular formula is C16H21ClN2OS. The van der Waals surface area contributed by atoms with E-state index in [4.69, 9.17) is 22.1 Å². The van der Waals surface area contributed by atoms with E-state index in [0.717, 1.165) is 34.9 Å². The zero-order valence-electron chi connectivity index (χ0n) is 12.4. The van der Waals surface area contributed by atoms with Gasteiger partial charge in [-0.05, 0) is 37.5 Å². The first kappa shape index (κ1) is 16.3. The molecule has 1 heterocycles. The van der Waals surface area contributed by atoms with Crippen molar-refractivity contribution in [2.24, 2.45) is 5.73 Å². The number of rotatable bonds is 7. The van der Waals surface area contributed by atoms with E-state index in [0.29, 0.717) is 18.2 Å². The molecule has 1 atom stereocenters. The van der Waals surface area contributed by atoms with E-state index in [9.17, 15) is 0 Å². The van der Waals surface area contributed by atoms with Crippen LogP contribution < -0.4 is 10.5 Å². The van der Waals surface area contributed by atoms with Crippen molar-refractivity contribution >= 4 is 22.9 Å². The highest BCUT2D eigenvalue weighted by molar-refractivity contribution is 7.09. The first-order valence-electron chi connectivity index (χ1n) is 7.17. The average molecular weight is 325 g/mol. The zero-order valence-corrected chi connectivity index (χ0v) is 14.0. The van der Waals surface area contributed by atoms with Gasteiger partial charge in [-0.3, -0.25) is 0 Å². The molecule has 2 N–H and O–H groups in total. The van der Waals surface area contributed by atoms with Crippen molar-refractivity contribution in [3.05, 3.63) is 44.9 Å². The molecule has 1 unspecified atom stereocenters. The van der Waals surface area contributed by atoms with Gasteiger partial charge >= 0.3 is 0 Å². The Labute approximate surface area is 135 Å². The number of benzene rings is 1. The van der Waals surface area contributed by atoms with Crippen LogP contribution in [0.2, 0.25) is 5.02 Å². The van der Waals surface area contributed by atoms with Gasteiger partial charge in [0.15, 0.2) is 0 Å². The lowest BCUT2D eigenvalue weighted by Gasteiger charge is -2.13. The molecule has 0 aliphatic heterocycles. The lowest BCUT2D eigenvalue weighted by molar-refractivity contribution is 0.317. The molecule has 2 aromatic rings. The maximum absolute atomic E-state index is 6.27. The SMILES string of the molecule is CCCOc1ccc(CC(CN)c2nc(C)cs2)cc1Cl. The Bertz CT molecular complexity index is 585. The highest BCUT2D eigenvalue weighted by atomic mass is 35.5. The molecular weight excluding hydrogens is 304 g/mol. The molecule has 0 aliphatic carbocycles. The van der Waals surface area contributed by atoms with Gasteiger partial charge in [-0.25, -0.2) is 4.98 Å². The van der Waals surface area contributed by atoms with Crippen LogP contribution in [0.1, 0.15) is 35.5 Å². The van der Waals surface area contributed by atoms with Crippen LogP contribution in [0.4, 0.5) is 0 Å². The predicted molar refractivity (Wildman–Crippen MR) is 89.6 cm³/mol. The van der Waals surface area contributed by atoms with E-state index in [1.165, 1.54) is 0 Å². The minimum Gasteiger partial charge on any atom is -0.492 e. The molecule has 0 bridgehead atoms. The Morgan fingerprint density at radius 3 is 2.81 bits per heavy atom. The predicted octanol–water partition coefficient (Wildman–Crippen LogP) is 4.18. The summed E-state index contributed by atoms with van der Waals surface area (Å²) in [5.74, 6) is 0.985. The van der Waals surface area contributed by atoms with Crippen LogP contribution in [0.3, 0.4) is 0 Å². The number of aromatic nitrogens is 1. The second-order valence-corrected chi connectivity index (χ2v) is 6.37. The quantitative estimate of drug-likeness (QED) is 0.831. The minimum atomic E-state index is 0.238. The van der Waals surface area contributed by atoms with E-state index in [-0.39, 0.29) is 5.92 Å². The van der Waals surface area contributed by atoms with Crippen molar-refractivity contribution in [1.82, 2.24) is 4.98 Å². The lowest BCUT2D eigenvalue weighted by Crippen LogP contribution is -2.15. The highest BCUT2D eigenvalue weighted by Crippen LogP contribution is 2.29. The standard InChI is InChI=1S/C16H21ClN2OS/c1-3-6-20-15-5-4-12(8-14(15)17)7-13(9-18)16-19-11(2)10-21-16/h4-5,8,10,13H,3,6-7,9,18H2,1-2H3. The second-order valence-electron chi connectivity index (χ2n) is 5.08. The minimum absolute atomic E-state index is 0.238. The van der Waals surface area contributed by atoms with Crippen molar-refractivity contribution in [2.75, 3.05) is 13.2 Å². The van der Waals surface area contributed by atoms with Crippen molar-refractivity contribution in [2.45, 2.75) is 32.6 Å². The summed E-state index contributed by atoms with van der Waals surface area (Å²) in [4.78, 5) is 4.54. The Morgan fingerprint density at radius 2 is 2.24 bits per heavy atom. The summed E-state index contributed by atoms with van der Waals surface area (Å²) >= 11 is 7.94. The molecule has 2 rings (SSSR count). The molecule has 0 aliphatic rings. The average Bonchev–Trinajstić information content (AvgIpc) is 2.90. The van der Waals surface area contributed by atoms with Crippen LogP contribution >= 0.6 is 22.9 Å². The Kier molecular flexibility index (Phi) is 6.03. The monoisotopic (exact) mass is 324 g/mol. The summed E-state index contributed by atoms with van der Waals surface area (Å²) < 4.78 is 5.59. The molecule has 0 saturated heterocycles. The Morgan fingerprint density at radius 1 is 1.43 bits per heavy atom. The molecule has 5 heteroatoms. The number of hydrogen-bond acceptors (Lipinski definition) is 4. The van der Waals surface area contributed by atoms with Crippen molar-refractivity contribution in [1.29, 1.82) is 0 Å². The molecule has 1 aromatic heterocycles. The van der Waals surface area contributed by atoms with Gasteiger partial charge in [0, 0.05) is 23.5 Å². The summed E-state index contributed by atoms with van der Waals surface area (Å²) in [6.45, 7) is 5.34. The maximum Gasteiger partial charge on any atom is 0.137 e. The van der Waals surface area contributed by atoms with Gasteiger partial charge in [0.05, 0.1) is 16.6 Å². The number of aryl methyl sites for hydroxylation is 1. The molecule has 0 saturated carbocycles. The third-order valence-corrected chi connectivity index (χ3v) is 4.63. The summed E-state index contributed by atoms with van der Waals surface area (Å²) in [7, 11) is 0. The molecule has 0 radical (unpaired) electrons. The molecule has 0 fully saturated rings. The summed E-state index contributed by atoms with van der Waals surface area (Å²) in [6.07, 6.45) is 1.81. The smallest absolute Gasteiger partial charge is 0.137 e. The Balaban J connectivity index is 2.09. The Hall–Kier alpha value is -1.10. The summed E-state index contributed by atoms with van der Waals surface area (Å²) in [5.41, 5.74) is 8.11. The van der Waals surface area contributed by atoms with Crippen LogP contribution in [0.25, 0.3) is 0 Å². The lowest BCUT2D eigenvalue weighted by atomic mass is 10.00. The zero-order chi connectivity index (χ0) is 15.2. The maximum atomic E-state index is 6.27. The van der Waals surface area contributed by atoms with E-state index >= 15 is 0 Å². The fourth-order valence-electron chi connectivity index (χ4n) is 2.12. The summed E-state index contributed by atoms with van der Waals surface area (Å²) in [6, 6.07) is 5.96. The number of thiazole rings is 1. The van der Waals surface area contributed by atoms with Gasteiger partial charge in [-0.1, -0.05) is 24.6 Å². The first-order valence-corrected chi connectivity index (χ1v) is 8.43. The van der Waals surface area contributed by atoms with E-state index in [1.807, 2.05) is 19.1 Å². The van der Waals surface area contributed by atoms with Crippen LogP contribution in [0.15, 0.2) is 23.6 Å². The van der Waals surface area contributed by atoms with Crippen LogP contribution in [-0.4, -0.2) is 18.1 Å². The molecule has 21 heavy (non-hydrogen) atoms. The fraction of sp³-hybridized carbons (Fsp3) is 0.438. The second kappa shape index (κ2) is 7.78. The number of ether oxygens (including phenoxy) is 1. The molecule has 0 amide bonds. The van der Waals surface area contributed by atoms with Crippen LogP contribution in [-0.2, 0) is 6.42 Å². The van der Waals surface area contributed by atoms with Gasteiger partial charge in [0.2, 0.25) is 0 Å². The fourth-order valence-corrected chi connectivity index (χ4v) is 3.29. The third kappa shape index (κ3) is 4.43. The van der Waals surface area contributed by atoms with Crippen molar-refractivity contribution in [3.8, 4) is 5.75 Å². The van der Waals surface area contributed by atoms with Gasteiger partial charge in [-0.15, -0.1) is 11.3 Å². The molecule has 3 nitrogen and oxygen atoms in total. The normalized spacial score (nSPS) is 12.4.